The summed E-state index contributed by atoms with van der Waals surface area (Å²) in [6.45, 7) is 0. The fourth-order valence-corrected chi connectivity index (χ4v) is 0.737. The van der Waals surface area contributed by atoms with Gasteiger partial charge in [0.15, 0.2) is 11.5 Å². The average Bonchev–Trinajstić information content (AvgIpc) is 1.97. The van der Waals surface area contributed by atoms with Crippen molar-refractivity contribution in [1.82, 2.24) is 0 Å². The summed E-state index contributed by atoms with van der Waals surface area (Å²) in [5.41, 5.74) is 5.41. The van der Waals surface area contributed by atoms with Gasteiger partial charge in [0.05, 0.1) is 12.8 Å². The van der Waals surface area contributed by atoms with E-state index in [-0.39, 0.29) is 22.9 Å². The van der Waals surface area contributed by atoms with Gasteiger partial charge in [-0.3, -0.25) is 0 Å². The Morgan fingerprint density at radius 3 is 2.45 bits per heavy atom. The SMILES string of the molecule is COc1cc(O)c(N)cc1O. The lowest BCUT2D eigenvalue weighted by molar-refractivity contribution is 0.369. The highest BCUT2D eigenvalue weighted by Crippen LogP contribution is 2.34. The van der Waals surface area contributed by atoms with Crippen LogP contribution >= 0.6 is 0 Å². The number of benzene rings is 1. The molecule has 0 radical (unpaired) electrons. The van der Waals surface area contributed by atoms with Crippen molar-refractivity contribution in [1.29, 1.82) is 0 Å². The second kappa shape index (κ2) is 2.57. The lowest BCUT2D eigenvalue weighted by Gasteiger charge is -2.04. The predicted molar refractivity (Wildman–Crippen MR) is 40.7 cm³/mol. The molecule has 4 nitrogen and oxygen atoms in total. The third-order valence-corrected chi connectivity index (χ3v) is 1.33. The number of rotatable bonds is 1. The highest BCUT2D eigenvalue weighted by molar-refractivity contribution is 5.60. The Bertz CT molecular complexity index is 273. The topological polar surface area (TPSA) is 75.7 Å². The Morgan fingerprint density at radius 1 is 1.27 bits per heavy atom. The number of hydrogen-bond acceptors (Lipinski definition) is 4. The molecule has 60 valence electrons. The van der Waals surface area contributed by atoms with Gasteiger partial charge in [-0.25, -0.2) is 0 Å². The van der Waals surface area contributed by atoms with Crippen molar-refractivity contribution in [2.45, 2.75) is 0 Å². The van der Waals surface area contributed by atoms with Crippen molar-refractivity contribution >= 4 is 5.69 Å². The van der Waals surface area contributed by atoms with Crippen molar-refractivity contribution in [2.75, 3.05) is 12.8 Å². The average molecular weight is 155 g/mol. The molecule has 4 heteroatoms. The monoisotopic (exact) mass is 155 g/mol. The number of anilines is 1. The molecule has 0 spiro atoms. The highest BCUT2D eigenvalue weighted by atomic mass is 16.5. The first kappa shape index (κ1) is 7.53. The molecule has 1 aromatic rings. The van der Waals surface area contributed by atoms with Crippen LogP contribution in [-0.2, 0) is 0 Å². The van der Waals surface area contributed by atoms with Gasteiger partial charge in [-0.05, 0) is 0 Å². The summed E-state index contributed by atoms with van der Waals surface area (Å²) in [4.78, 5) is 0. The van der Waals surface area contributed by atoms with Gasteiger partial charge in [0.1, 0.15) is 5.75 Å². The zero-order valence-electron chi connectivity index (χ0n) is 6.03. The summed E-state index contributed by atoms with van der Waals surface area (Å²) in [5.74, 6) is 0.0270. The lowest BCUT2D eigenvalue weighted by Crippen LogP contribution is -1.88. The van der Waals surface area contributed by atoms with Gasteiger partial charge in [-0.15, -0.1) is 0 Å². The van der Waals surface area contributed by atoms with Crippen LogP contribution in [0.5, 0.6) is 17.2 Å². The first-order chi connectivity index (χ1) is 5.15. The Balaban J connectivity index is 3.21. The van der Waals surface area contributed by atoms with E-state index in [2.05, 4.69) is 0 Å². The van der Waals surface area contributed by atoms with Gasteiger partial charge < -0.3 is 20.7 Å². The third kappa shape index (κ3) is 1.29. The van der Waals surface area contributed by atoms with Gasteiger partial charge in [0, 0.05) is 12.1 Å². The maximum atomic E-state index is 9.10. The maximum absolute atomic E-state index is 9.10. The largest absolute Gasteiger partial charge is 0.506 e. The van der Waals surface area contributed by atoms with Gasteiger partial charge in [-0.1, -0.05) is 0 Å². The summed E-state index contributed by atoms with van der Waals surface area (Å²) in [6, 6.07) is 2.48. The molecule has 0 bridgehead atoms. The van der Waals surface area contributed by atoms with E-state index in [1.807, 2.05) is 0 Å². The minimum atomic E-state index is -0.0975. The number of methoxy groups -OCH3 is 1. The molecule has 1 aromatic carbocycles. The van der Waals surface area contributed by atoms with Crippen molar-refractivity contribution in [2.24, 2.45) is 0 Å². The number of ether oxygens (including phenoxy) is 1. The van der Waals surface area contributed by atoms with Gasteiger partial charge >= 0.3 is 0 Å². The number of nitrogen functional groups attached to an aromatic ring is 1. The van der Waals surface area contributed by atoms with E-state index in [9.17, 15) is 0 Å². The van der Waals surface area contributed by atoms with Crippen LogP contribution in [0.3, 0.4) is 0 Å². The van der Waals surface area contributed by atoms with E-state index in [1.54, 1.807) is 0 Å². The van der Waals surface area contributed by atoms with E-state index in [1.165, 1.54) is 19.2 Å². The molecule has 4 N–H and O–H groups in total. The zero-order valence-corrected chi connectivity index (χ0v) is 6.03. The summed E-state index contributed by atoms with van der Waals surface area (Å²) in [7, 11) is 1.39. The van der Waals surface area contributed by atoms with E-state index in [4.69, 9.17) is 20.7 Å². The van der Waals surface area contributed by atoms with E-state index < -0.39 is 0 Å². The molecule has 0 atom stereocenters. The Kier molecular flexibility index (Phi) is 1.76. The summed E-state index contributed by atoms with van der Waals surface area (Å²) in [6.07, 6.45) is 0. The maximum Gasteiger partial charge on any atom is 0.164 e. The van der Waals surface area contributed by atoms with Gasteiger partial charge in [-0.2, -0.15) is 0 Å². The summed E-state index contributed by atoms with van der Waals surface area (Å²) >= 11 is 0. The molecule has 0 aromatic heterocycles. The second-order valence-corrected chi connectivity index (χ2v) is 2.08. The highest BCUT2D eigenvalue weighted by Gasteiger charge is 2.05. The van der Waals surface area contributed by atoms with E-state index in [0.717, 1.165) is 0 Å². The molecule has 0 unspecified atom stereocenters. The second-order valence-electron chi connectivity index (χ2n) is 2.08. The molecule has 11 heavy (non-hydrogen) atoms. The number of phenols is 2. The minimum absolute atomic E-state index is 0.0807. The van der Waals surface area contributed by atoms with Crippen LogP contribution in [0.15, 0.2) is 12.1 Å². The molecule has 0 aliphatic rings. The van der Waals surface area contributed by atoms with Crippen LogP contribution in [0.1, 0.15) is 0 Å². The van der Waals surface area contributed by atoms with E-state index >= 15 is 0 Å². The number of nitrogens with two attached hydrogens (primary N) is 1. The molecule has 0 heterocycles. The predicted octanol–water partition coefficient (Wildman–Crippen LogP) is 0.689. The molecule has 0 fully saturated rings. The molecular weight excluding hydrogens is 146 g/mol. The molecule has 0 saturated heterocycles. The summed E-state index contributed by atoms with van der Waals surface area (Å²) in [5, 5.41) is 18.1. The first-order valence-electron chi connectivity index (χ1n) is 3.00. The Hall–Kier alpha value is -1.58. The smallest absolute Gasteiger partial charge is 0.164 e. The molecule has 1 rings (SSSR count). The minimum Gasteiger partial charge on any atom is -0.506 e. The molecule has 0 saturated carbocycles. The summed E-state index contributed by atoms with van der Waals surface area (Å²) < 4.78 is 4.72. The van der Waals surface area contributed by atoms with Crippen molar-refractivity contribution < 1.29 is 14.9 Å². The Labute approximate surface area is 63.8 Å². The lowest BCUT2D eigenvalue weighted by atomic mass is 10.2. The zero-order chi connectivity index (χ0) is 8.43. The van der Waals surface area contributed by atoms with Crippen molar-refractivity contribution in [3.63, 3.8) is 0 Å². The normalized spacial score (nSPS) is 9.55. The van der Waals surface area contributed by atoms with Gasteiger partial charge in [0.2, 0.25) is 0 Å². The quantitative estimate of drug-likeness (QED) is 0.317. The van der Waals surface area contributed by atoms with Gasteiger partial charge in [0.25, 0.3) is 0 Å². The Morgan fingerprint density at radius 2 is 1.91 bits per heavy atom. The fraction of sp³-hybridized carbons (Fsp3) is 0.143. The fourth-order valence-electron chi connectivity index (χ4n) is 0.737. The van der Waals surface area contributed by atoms with Crippen LogP contribution in [0, 0.1) is 0 Å². The van der Waals surface area contributed by atoms with Crippen molar-refractivity contribution in [3.8, 4) is 17.2 Å². The van der Waals surface area contributed by atoms with E-state index in [0.29, 0.717) is 0 Å². The number of phenolic OH excluding ortho intramolecular Hbond substituents is 2. The van der Waals surface area contributed by atoms with Crippen LogP contribution in [0.25, 0.3) is 0 Å². The molecule has 0 aliphatic heterocycles. The third-order valence-electron chi connectivity index (χ3n) is 1.33. The first-order valence-corrected chi connectivity index (χ1v) is 3.00. The van der Waals surface area contributed by atoms with Crippen LogP contribution < -0.4 is 10.5 Å². The van der Waals surface area contributed by atoms with Crippen LogP contribution in [-0.4, -0.2) is 17.3 Å². The van der Waals surface area contributed by atoms with Crippen LogP contribution in [0.4, 0.5) is 5.69 Å². The number of hydrogen-bond donors (Lipinski definition) is 3. The molecular formula is C7H9NO3. The molecule has 0 aliphatic carbocycles. The number of aromatic hydroxyl groups is 2. The standard InChI is InChI=1S/C7H9NO3/c1-11-7-3-5(9)4(8)2-6(7)10/h2-3,9-10H,8H2,1H3. The van der Waals surface area contributed by atoms with Crippen LogP contribution in [0.2, 0.25) is 0 Å². The van der Waals surface area contributed by atoms with Crippen molar-refractivity contribution in [3.05, 3.63) is 12.1 Å². The molecule has 0 amide bonds.